The molecule has 0 amide bonds. The number of thiazole rings is 1. The Kier molecular flexibility index (Phi) is 2.85. The first-order valence-corrected chi connectivity index (χ1v) is 6.51. The number of fused-ring (bicyclic) bond motifs is 1. The number of imidazole rings is 1. The summed E-state index contributed by atoms with van der Waals surface area (Å²) in [5, 5.41) is 6.05. The molecular formula is C10H12ClN3OS. The van der Waals surface area contributed by atoms with Gasteiger partial charge in [0.1, 0.15) is 0 Å². The Morgan fingerprint density at radius 2 is 2.62 bits per heavy atom. The summed E-state index contributed by atoms with van der Waals surface area (Å²) in [5.74, 6) is 0. The van der Waals surface area contributed by atoms with Crippen molar-refractivity contribution in [3.8, 4) is 0 Å². The Balaban J connectivity index is 1.77. The van der Waals surface area contributed by atoms with Gasteiger partial charge in [0, 0.05) is 30.8 Å². The van der Waals surface area contributed by atoms with Crippen molar-refractivity contribution < 1.29 is 4.74 Å². The lowest BCUT2D eigenvalue weighted by Gasteiger charge is -2.09. The van der Waals surface area contributed by atoms with Crippen molar-refractivity contribution in [2.24, 2.45) is 0 Å². The molecule has 0 aromatic carbocycles. The molecule has 1 N–H and O–H groups in total. The maximum absolute atomic E-state index is 6.10. The van der Waals surface area contributed by atoms with Crippen molar-refractivity contribution in [3.05, 3.63) is 22.4 Å². The summed E-state index contributed by atoms with van der Waals surface area (Å²) in [7, 11) is 0. The third-order valence-corrected chi connectivity index (χ3v) is 3.86. The van der Waals surface area contributed by atoms with Crippen LogP contribution in [0.15, 0.2) is 11.6 Å². The molecule has 1 aliphatic heterocycles. The molecule has 4 nitrogen and oxygen atoms in total. The van der Waals surface area contributed by atoms with Gasteiger partial charge in [0.05, 0.1) is 12.3 Å². The molecule has 0 saturated carbocycles. The van der Waals surface area contributed by atoms with E-state index in [0.29, 0.717) is 11.2 Å². The van der Waals surface area contributed by atoms with E-state index in [4.69, 9.17) is 16.3 Å². The SMILES string of the molecule is Clc1nc2sccn2c1CNC1CCOC1. The Bertz CT molecular complexity index is 489. The number of rotatable bonds is 3. The van der Waals surface area contributed by atoms with E-state index in [-0.39, 0.29) is 0 Å². The van der Waals surface area contributed by atoms with E-state index in [0.717, 1.165) is 36.8 Å². The summed E-state index contributed by atoms with van der Waals surface area (Å²) in [6, 6.07) is 0.445. The van der Waals surface area contributed by atoms with Gasteiger partial charge < -0.3 is 10.1 Å². The van der Waals surface area contributed by atoms with Gasteiger partial charge in [-0.1, -0.05) is 11.6 Å². The average Bonchev–Trinajstić information content (AvgIpc) is 2.92. The fraction of sp³-hybridized carbons (Fsp3) is 0.500. The third-order valence-electron chi connectivity index (χ3n) is 2.80. The maximum Gasteiger partial charge on any atom is 0.195 e. The van der Waals surface area contributed by atoms with Gasteiger partial charge in [0.2, 0.25) is 0 Å². The smallest absolute Gasteiger partial charge is 0.195 e. The van der Waals surface area contributed by atoms with E-state index in [2.05, 4.69) is 10.3 Å². The zero-order valence-corrected chi connectivity index (χ0v) is 10.2. The van der Waals surface area contributed by atoms with E-state index >= 15 is 0 Å². The monoisotopic (exact) mass is 257 g/mol. The topological polar surface area (TPSA) is 38.6 Å². The predicted molar refractivity (Wildman–Crippen MR) is 64.1 cm³/mol. The molecule has 1 fully saturated rings. The van der Waals surface area contributed by atoms with Crippen LogP contribution in [0.2, 0.25) is 5.15 Å². The normalized spacial score (nSPS) is 20.9. The zero-order chi connectivity index (χ0) is 11.0. The molecule has 3 heterocycles. The van der Waals surface area contributed by atoms with Crippen molar-refractivity contribution in [1.82, 2.24) is 14.7 Å². The Hall–Kier alpha value is -0.620. The predicted octanol–water partition coefficient (Wildman–Crippen LogP) is 1.93. The molecule has 2 aromatic heterocycles. The van der Waals surface area contributed by atoms with Crippen molar-refractivity contribution >= 4 is 27.9 Å². The third kappa shape index (κ3) is 1.84. The second-order valence-electron chi connectivity index (χ2n) is 3.85. The van der Waals surface area contributed by atoms with Gasteiger partial charge in [-0.15, -0.1) is 11.3 Å². The second kappa shape index (κ2) is 4.33. The molecule has 2 aromatic rings. The number of nitrogens with one attached hydrogen (secondary N) is 1. The first-order valence-electron chi connectivity index (χ1n) is 5.25. The molecule has 1 unspecified atom stereocenters. The van der Waals surface area contributed by atoms with Gasteiger partial charge in [-0.3, -0.25) is 4.40 Å². The van der Waals surface area contributed by atoms with Gasteiger partial charge in [0.25, 0.3) is 0 Å². The molecule has 0 aliphatic carbocycles. The van der Waals surface area contributed by atoms with Crippen LogP contribution in [-0.4, -0.2) is 28.6 Å². The molecule has 86 valence electrons. The molecule has 3 rings (SSSR count). The van der Waals surface area contributed by atoms with E-state index in [9.17, 15) is 0 Å². The minimum absolute atomic E-state index is 0.445. The molecule has 0 bridgehead atoms. The van der Waals surface area contributed by atoms with Gasteiger partial charge in [0.15, 0.2) is 10.1 Å². The van der Waals surface area contributed by atoms with Crippen LogP contribution in [0.3, 0.4) is 0 Å². The van der Waals surface area contributed by atoms with Crippen LogP contribution in [-0.2, 0) is 11.3 Å². The van der Waals surface area contributed by atoms with Crippen LogP contribution in [0.5, 0.6) is 0 Å². The number of hydrogen-bond acceptors (Lipinski definition) is 4. The van der Waals surface area contributed by atoms with Crippen molar-refractivity contribution in [2.75, 3.05) is 13.2 Å². The summed E-state index contributed by atoms with van der Waals surface area (Å²) < 4.78 is 7.35. The molecule has 0 spiro atoms. The quantitative estimate of drug-likeness (QED) is 0.913. The molecule has 16 heavy (non-hydrogen) atoms. The van der Waals surface area contributed by atoms with E-state index in [1.807, 2.05) is 16.0 Å². The van der Waals surface area contributed by atoms with Crippen molar-refractivity contribution in [2.45, 2.75) is 19.0 Å². The first-order chi connectivity index (χ1) is 7.84. The average molecular weight is 258 g/mol. The molecule has 1 saturated heterocycles. The van der Waals surface area contributed by atoms with Crippen LogP contribution in [0, 0.1) is 0 Å². The summed E-state index contributed by atoms with van der Waals surface area (Å²) in [6.07, 6.45) is 3.07. The number of nitrogens with zero attached hydrogens (tertiary/aromatic N) is 2. The molecule has 1 atom stereocenters. The minimum atomic E-state index is 0.445. The van der Waals surface area contributed by atoms with Gasteiger partial charge in [-0.2, -0.15) is 0 Å². The molecule has 0 radical (unpaired) electrons. The number of aromatic nitrogens is 2. The standard InChI is InChI=1S/C10H12ClN3OS/c11-9-8(5-12-7-1-3-15-6-7)14-2-4-16-10(14)13-9/h2,4,7,12H,1,3,5-6H2. The first kappa shape index (κ1) is 10.5. The summed E-state index contributed by atoms with van der Waals surface area (Å²) >= 11 is 7.69. The highest BCUT2D eigenvalue weighted by Crippen LogP contribution is 2.21. The Labute approximate surface area is 102 Å². The summed E-state index contributed by atoms with van der Waals surface area (Å²) in [4.78, 5) is 5.24. The number of halogens is 1. The number of hydrogen-bond donors (Lipinski definition) is 1. The number of ether oxygens (including phenoxy) is 1. The van der Waals surface area contributed by atoms with Crippen molar-refractivity contribution in [3.63, 3.8) is 0 Å². The zero-order valence-electron chi connectivity index (χ0n) is 8.65. The van der Waals surface area contributed by atoms with Crippen LogP contribution in [0.1, 0.15) is 12.1 Å². The van der Waals surface area contributed by atoms with Gasteiger partial charge in [-0.05, 0) is 6.42 Å². The molecular weight excluding hydrogens is 246 g/mol. The van der Waals surface area contributed by atoms with Gasteiger partial charge in [-0.25, -0.2) is 4.98 Å². The van der Waals surface area contributed by atoms with Gasteiger partial charge >= 0.3 is 0 Å². The largest absolute Gasteiger partial charge is 0.380 e. The van der Waals surface area contributed by atoms with Crippen LogP contribution in [0.4, 0.5) is 0 Å². The highest BCUT2D eigenvalue weighted by Gasteiger charge is 2.17. The van der Waals surface area contributed by atoms with E-state index in [1.165, 1.54) is 0 Å². The molecule has 6 heteroatoms. The summed E-state index contributed by atoms with van der Waals surface area (Å²) in [6.45, 7) is 2.39. The van der Waals surface area contributed by atoms with E-state index in [1.54, 1.807) is 11.3 Å². The van der Waals surface area contributed by atoms with Crippen LogP contribution >= 0.6 is 22.9 Å². The lowest BCUT2D eigenvalue weighted by Crippen LogP contribution is -2.29. The summed E-state index contributed by atoms with van der Waals surface area (Å²) in [5.41, 5.74) is 1.03. The van der Waals surface area contributed by atoms with Crippen molar-refractivity contribution in [1.29, 1.82) is 0 Å². The minimum Gasteiger partial charge on any atom is -0.380 e. The second-order valence-corrected chi connectivity index (χ2v) is 5.08. The van der Waals surface area contributed by atoms with Crippen LogP contribution in [0.25, 0.3) is 4.96 Å². The lowest BCUT2D eigenvalue weighted by atomic mass is 10.2. The highest BCUT2D eigenvalue weighted by atomic mass is 35.5. The fourth-order valence-electron chi connectivity index (χ4n) is 1.90. The van der Waals surface area contributed by atoms with E-state index < -0.39 is 0 Å². The fourth-order valence-corrected chi connectivity index (χ4v) is 2.92. The Morgan fingerprint density at radius 3 is 3.44 bits per heavy atom. The Morgan fingerprint density at radius 1 is 1.69 bits per heavy atom. The van der Waals surface area contributed by atoms with Crippen LogP contribution < -0.4 is 5.32 Å². The maximum atomic E-state index is 6.10. The lowest BCUT2D eigenvalue weighted by molar-refractivity contribution is 0.189. The highest BCUT2D eigenvalue weighted by molar-refractivity contribution is 7.15. The molecule has 1 aliphatic rings.